The number of ketones is 1. The number of carbonyl (C=O) groups is 1. The summed E-state index contributed by atoms with van der Waals surface area (Å²) < 4.78 is 11.9. The third-order valence-electron chi connectivity index (χ3n) is 6.43. The van der Waals surface area contributed by atoms with Crippen LogP contribution in [0.25, 0.3) is 0 Å². The predicted octanol–water partition coefficient (Wildman–Crippen LogP) is 5.41. The second-order valence-corrected chi connectivity index (χ2v) is 8.65. The molecule has 0 saturated heterocycles. The summed E-state index contributed by atoms with van der Waals surface area (Å²) in [6.45, 7) is 19.5. The predicted molar refractivity (Wildman–Crippen MR) is 97.8 cm³/mol. The van der Waals surface area contributed by atoms with Crippen LogP contribution < -0.4 is 0 Å². The molecule has 3 heteroatoms. The molecule has 3 nitrogen and oxygen atoms in total. The molecular weight excluding hydrogens is 288 g/mol. The molecule has 0 aliphatic rings. The van der Waals surface area contributed by atoms with E-state index in [1.165, 1.54) is 0 Å². The van der Waals surface area contributed by atoms with Crippen molar-refractivity contribution in [2.24, 2.45) is 10.8 Å². The van der Waals surface area contributed by atoms with Crippen LogP contribution in [0.15, 0.2) is 0 Å². The van der Waals surface area contributed by atoms with E-state index in [-0.39, 0.29) is 27.8 Å². The first kappa shape index (κ1) is 22.6. The Balaban J connectivity index is 4.93. The van der Waals surface area contributed by atoms with Crippen molar-refractivity contribution in [3.63, 3.8) is 0 Å². The maximum atomic E-state index is 12.1. The number of hydrogen-bond donors (Lipinski definition) is 0. The standard InChI is InChI=1S/C20H40O3/c1-11-19(8,16(3)21)15-17(4,5)18(6,7)23-14-13-20(9,12-2)22-10/h11-15H2,1-10H3. The fourth-order valence-corrected chi connectivity index (χ4v) is 2.83. The average Bonchev–Trinajstić information content (AvgIpc) is 2.45. The number of carbonyl (C=O) groups excluding carboxylic acids is 1. The highest BCUT2D eigenvalue weighted by atomic mass is 16.5. The smallest absolute Gasteiger partial charge is 0.135 e. The SMILES string of the molecule is CCC(C)(CCOC(C)(C)C(C)(C)CC(C)(CC)C(C)=O)OC. The first-order chi connectivity index (χ1) is 10.3. The van der Waals surface area contributed by atoms with E-state index in [4.69, 9.17) is 9.47 Å². The van der Waals surface area contributed by atoms with Crippen LogP contribution in [-0.4, -0.2) is 30.7 Å². The molecule has 0 aromatic heterocycles. The minimum Gasteiger partial charge on any atom is -0.378 e. The van der Waals surface area contributed by atoms with Gasteiger partial charge in [0.1, 0.15) is 5.78 Å². The van der Waals surface area contributed by atoms with E-state index < -0.39 is 0 Å². The number of methoxy groups -OCH3 is 1. The van der Waals surface area contributed by atoms with Gasteiger partial charge in [0.25, 0.3) is 0 Å². The molecule has 0 rings (SSSR count). The molecule has 0 fully saturated rings. The van der Waals surface area contributed by atoms with Gasteiger partial charge in [0.2, 0.25) is 0 Å². The van der Waals surface area contributed by atoms with Gasteiger partial charge < -0.3 is 9.47 Å². The molecule has 0 heterocycles. The van der Waals surface area contributed by atoms with Crippen molar-refractivity contribution >= 4 is 5.78 Å². The minimum absolute atomic E-state index is 0.0981. The molecule has 0 saturated carbocycles. The van der Waals surface area contributed by atoms with Crippen molar-refractivity contribution in [1.82, 2.24) is 0 Å². The van der Waals surface area contributed by atoms with Crippen LogP contribution in [0.1, 0.15) is 88.0 Å². The topological polar surface area (TPSA) is 35.5 Å². The quantitative estimate of drug-likeness (QED) is 0.509. The van der Waals surface area contributed by atoms with Crippen molar-refractivity contribution in [2.75, 3.05) is 13.7 Å². The van der Waals surface area contributed by atoms with Gasteiger partial charge in [-0.3, -0.25) is 4.79 Å². The first-order valence-corrected chi connectivity index (χ1v) is 8.99. The van der Waals surface area contributed by atoms with Crippen LogP contribution in [0.3, 0.4) is 0 Å². The number of hydrogen-bond acceptors (Lipinski definition) is 3. The lowest BCUT2D eigenvalue weighted by Crippen LogP contribution is -2.46. The molecule has 23 heavy (non-hydrogen) atoms. The third-order valence-corrected chi connectivity index (χ3v) is 6.43. The fraction of sp³-hybridized carbons (Fsp3) is 0.950. The summed E-state index contributed by atoms with van der Waals surface area (Å²) in [6.07, 6.45) is 3.53. The Morgan fingerprint density at radius 2 is 1.48 bits per heavy atom. The molecular formula is C20H40O3. The molecule has 2 atom stereocenters. The van der Waals surface area contributed by atoms with Crippen molar-refractivity contribution in [3.8, 4) is 0 Å². The Kier molecular flexibility index (Phi) is 7.97. The zero-order chi connectivity index (χ0) is 18.5. The van der Waals surface area contributed by atoms with Crippen LogP contribution in [0, 0.1) is 10.8 Å². The molecule has 0 bridgehead atoms. The van der Waals surface area contributed by atoms with E-state index >= 15 is 0 Å². The highest BCUT2D eigenvalue weighted by molar-refractivity contribution is 5.81. The van der Waals surface area contributed by atoms with Gasteiger partial charge in [-0.2, -0.15) is 0 Å². The summed E-state index contributed by atoms with van der Waals surface area (Å²) in [5, 5.41) is 0. The van der Waals surface area contributed by atoms with E-state index in [0.29, 0.717) is 6.61 Å². The summed E-state index contributed by atoms with van der Waals surface area (Å²) in [5.41, 5.74) is -0.813. The Labute approximate surface area is 144 Å². The molecule has 0 spiro atoms. The lowest BCUT2D eigenvalue weighted by molar-refractivity contribution is -0.141. The summed E-state index contributed by atoms with van der Waals surface area (Å²) in [4.78, 5) is 12.1. The van der Waals surface area contributed by atoms with Gasteiger partial charge in [0.15, 0.2) is 0 Å². The number of Topliss-reactive ketones (excluding diaryl/α,β-unsaturated/α-hetero) is 1. The highest BCUT2D eigenvalue weighted by Gasteiger charge is 2.44. The second-order valence-electron chi connectivity index (χ2n) is 8.65. The maximum absolute atomic E-state index is 12.1. The average molecular weight is 329 g/mol. The van der Waals surface area contributed by atoms with Gasteiger partial charge in [-0.05, 0) is 58.8 Å². The monoisotopic (exact) mass is 328 g/mol. The molecule has 0 aliphatic carbocycles. The van der Waals surface area contributed by atoms with Crippen molar-refractivity contribution < 1.29 is 14.3 Å². The summed E-state index contributed by atoms with van der Waals surface area (Å²) in [6, 6.07) is 0. The normalized spacial score (nSPS) is 18.3. The van der Waals surface area contributed by atoms with Gasteiger partial charge in [0.05, 0.1) is 17.8 Å². The Hall–Kier alpha value is -0.410. The molecule has 0 aromatic carbocycles. The van der Waals surface area contributed by atoms with Crippen molar-refractivity contribution in [1.29, 1.82) is 0 Å². The largest absolute Gasteiger partial charge is 0.378 e. The zero-order valence-electron chi connectivity index (χ0n) is 17.3. The van der Waals surface area contributed by atoms with E-state index in [1.54, 1.807) is 14.0 Å². The Morgan fingerprint density at radius 1 is 0.957 bits per heavy atom. The van der Waals surface area contributed by atoms with Gasteiger partial charge in [0, 0.05) is 12.5 Å². The summed E-state index contributed by atoms with van der Waals surface area (Å²) >= 11 is 0. The van der Waals surface area contributed by atoms with Crippen molar-refractivity contribution in [3.05, 3.63) is 0 Å². The van der Waals surface area contributed by atoms with Gasteiger partial charge in [-0.15, -0.1) is 0 Å². The van der Waals surface area contributed by atoms with E-state index in [0.717, 1.165) is 25.7 Å². The molecule has 0 radical (unpaired) electrons. The van der Waals surface area contributed by atoms with E-state index in [1.807, 2.05) is 0 Å². The van der Waals surface area contributed by atoms with Crippen LogP contribution in [-0.2, 0) is 14.3 Å². The van der Waals surface area contributed by atoms with Crippen LogP contribution >= 0.6 is 0 Å². The van der Waals surface area contributed by atoms with Gasteiger partial charge in [-0.1, -0.05) is 34.6 Å². The molecule has 138 valence electrons. The van der Waals surface area contributed by atoms with Crippen molar-refractivity contribution in [2.45, 2.75) is 99.2 Å². The molecule has 0 amide bonds. The van der Waals surface area contributed by atoms with Gasteiger partial charge in [-0.25, -0.2) is 0 Å². The minimum atomic E-state index is -0.304. The van der Waals surface area contributed by atoms with Crippen LogP contribution in [0.4, 0.5) is 0 Å². The molecule has 0 N–H and O–H groups in total. The highest BCUT2D eigenvalue weighted by Crippen LogP contribution is 2.45. The van der Waals surface area contributed by atoms with Crippen LogP contribution in [0.2, 0.25) is 0 Å². The lowest BCUT2D eigenvalue weighted by Gasteiger charge is -2.46. The molecule has 0 aromatic rings. The van der Waals surface area contributed by atoms with Crippen LogP contribution in [0.5, 0.6) is 0 Å². The number of ether oxygens (including phenoxy) is 2. The summed E-state index contributed by atoms with van der Waals surface area (Å²) in [7, 11) is 1.76. The van der Waals surface area contributed by atoms with E-state index in [9.17, 15) is 4.79 Å². The zero-order valence-corrected chi connectivity index (χ0v) is 17.3. The third kappa shape index (κ3) is 5.86. The van der Waals surface area contributed by atoms with E-state index in [2.05, 4.69) is 55.4 Å². The maximum Gasteiger partial charge on any atom is 0.135 e. The Bertz CT molecular complexity index is 380. The summed E-state index contributed by atoms with van der Waals surface area (Å²) in [5.74, 6) is 0.266. The molecule has 0 aliphatic heterocycles. The first-order valence-electron chi connectivity index (χ1n) is 8.99. The molecule has 2 unspecified atom stereocenters. The fourth-order valence-electron chi connectivity index (χ4n) is 2.83. The van der Waals surface area contributed by atoms with Gasteiger partial charge >= 0.3 is 0 Å². The lowest BCUT2D eigenvalue weighted by atomic mass is 9.64. The second kappa shape index (κ2) is 8.11. The Morgan fingerprint density at radius 3 is 1.83 bits per heavy atom. The number of rotatable bonds is 11.